The van der Waals surface area contributed by atoms with Crippen molar-refractivity contribution in [2.45, 2.75) is 13.2 Å². The van der Waals surface area contributed by atoms with Crippen LogP contribution in [0.2, 0.25) is 0 Å². The number of aliphatic imine (C=N–C) groups is 1. The van der Waals surface area contributed by atoms with E-state index in [1.54, 1.807) is 25.2 Å². The van der Waals surface area contributed by atoms with Crippen LogP contribution >= 0.6 is 24.0 Å². The van der Waals surface area contributed by atoms with Crippen LogP contribution in [0.3, 0.4) is 0 Å². The number of hydrogen-bond acceptors (Lipinski definition) is 5. The number of alkyl halides is 2. The highest BCUT2D eigenvalue weighted by molar-refractivity contribution is 14.0. The van der Waals surface area contributed by atoms with Crippen LogP contribution in [0.15, 0.2) is 46.0 Å². The molecule has 0 aliphatic carbocycles. The van der Waals surface area contributed by atoms with Gasteiger partial charge in [-0.15, -0.1) is 24.0 Å². The molecule has 0 spiro atoms. The van der Waals surface area contributed by atoms with Gasteiger partial charge in [-0.25, -0.2) is 0 Å². The number of ether oxygens (including phenoxy) is 2. The predicted octanol–water partition coefficient (Wildman–Crippen LogP) is 2.60. The Morgan fingerprint density at radius 1 is 1.21 bits per heavy atom. The molecule has 0 saturated carbocycles. The molecule has 1 heterocycles. The Labute approximate surface area is 184 Å². The number of rotatable bonds is 9. The molecule has 0 aliphatic rings. The Hall–Kier alpha value is -2.57. The smallest absolute Gasteiger partial charge is 0.387 e. The Morgan fingerprint density at radius 3 is 2.59 bits per heavy atom. The Morgan fingerprint density at radius 2 is 1.97 bits per heavy atom. The van der Waals surface area contributed by atoms with E-state index in [-0.39, 0.29) is 47.9 Å². The highest BCUT2D eigenvalue weighted by atomic mass is 127. The number of halogens is 3. The van der Waals surface area contributed by atoms with Crippen LogP contribution in [0.1, 0.15) is 16.1 Å². The van der Waals surface area contributed by atoms with E-state index >= 15 is 0 Å². The molecule has 0 radical (unpaired) electrons. The minimum atomic E-state index is -2.93. The first kappa shape index (κ1) is 24.5. The fraction of sp³-hybridized carbons (Fsp3) is 0.333. The van der Waals surface area contributed by atoms with E-state index in [4.69, 9.17) is 9.15 Å². The van der Waals surface area contributed by atoms with Crippen molar-refractivity contribution < 1.29 is 27.5 Å². The van der Waals surface area contributed by atoms with Gasteiger partial charge in [-0.05, 0) is 30.3 Å². The van der Waals surface area contributed by atoms with Gasteiger partial charge in [0.2, 0.25) is 0 Å². The van der Waals surface area contributed by atoms with E-state index in [0.717, 1.165) is 0 Å². The maximum Gasteiger partial charge on any atom is 0.387 e. The van der Waals surface area contributed by atoms with Gasteiger partial charge in [-0.3, -0.25) is 9.79 Å². The molecule has 29 heavy (non-hydrogen) atoms. The zero-order valence-corrected chi connectivity index (χ0v) is 18.2. The second-order valence-electron chi connectivity index (χ2n) is 5.44. The molecule has 1 aromatic heterocycles. The summed E-state index contributed by atoms with van der Waals surface area (Å²) in [5, 5.41) is 8.68. The van der Waals surface area contributed by atoms with Gasteiger partial charge >= 0.3 is 6.61 Å². The molecule has 8 nitrogen and oxygen atoms in total. The lowest BCUT2D eigenvalue weighted by Crippen LogP contribution is -2.41. The minimum Gasteiger partial charge on any atom is -0.497 e. The molecule has 1 amide bonds. The Kier molecular flexibility index (Phi) is 10.8. The zero-order valence-electron chi connectivity index (χ0n) is 15.9. The monoisotopic (exact) mass is 524 g/mol. The number of carbonyl (C=O) groups excluding carboxylic acids is 1. The van der Waals surface area contributed by atoms with Gasteiger partial charge in [0.15, 0.2) is 11.7 Å². The van der Waals surface area contributed by atoms with Gasteiger partial charge in [0.1, 0.15) is 11.5 Å². The molecule has 0 aliphatic heterocycles. The molecule has 2 rings (SSSR count). The van der Waals surface area contributed by atoms with Crippen molar-refractivity contribution >= 4 is 35.8 Å². The summed E-state index contributed by atoms with van der Waals surface area (Å²) in [6.07, 6.45) is 1.42. The lowest BCUT2D eigenvalue weighted by atomic mass is 10.2. The topological polar surface area (TPSA) is 97.1 Å². The fourth-order valence-electron chi connectivity index (χ4n) is 2.28. The number of guanidine groups is 1. The number of benzene rings is 1. The molecule has 160 valence electrons. The molecule has 0 unspecified atom stereocenters. The van der Waals surface area contributed by atoms with Crippen molar-refractivity contribution in [2.75, 3.05) is 27.2 Å². The summed E-state index contributed by atoms with van der Waals surface area (Å²) >= 11 is 0. The summed E-state index contributed by atoms with van der Waals surface area (Å²) < 4.78 is 39.8. The minimum absolute atomic E-state index is 0. The van der Waals surface area contributed by atoms with Crippen molar-refractivity contribution in [3.8, 4) is 11.5 Å². The summed E-state index contributed by atoms with van der Waals surface area (Å²) in [6, 6.07) is 7.75. The van der Waals surface area contributed by atoms with Crippen molar-refractivity contribution in [1.82, 2.24) is 16.0 Å². The molecule has 2 aromatic rings. The van der Waals surface area contributed by atoms with E-state index < -0.39 is 6.61 Å². The number of hydrogen-bond donors (Lipinski definition) is 3. The van der Waals surface area contributed by atoms with Crippen LogP contribution in [0.5, 0.6) is 11.5 Å². The Balaban J connectivity index is 0.00000420. The third-order valence-corrected chi connectivity index (χ3v) is 3.60. The quantitative estimate of drug-likeness (QED) is 0.202. The van der Waals surface area contributed by atoms with Gasteiger partial charge in [-0.2, -0.15) is 8.78 Å². The maximum absolute atomic E-state index is 12.6. The molecule has 1 aromatic carbocycles. The molecule has 0 atom stereocenters. The predicted molar refractivity (Wildman–Crippen MR) is 114 cm³/mol. The number of nitrogens with one attached hydrogen (secondary N) is 3. The molecule has 11 heteroatoms. The first-order valence-corrected chi connectivity index (χ1v) is 8.41. The van der Waals surface area contributed by atoms with Crippen LogP contribution in [-0.4, -0.2) is 45.7 Å². The highest BCUT2D eigenvalue weighted by Crippen LogP contribution is 2.25. The molecule has 0 saturated heterocycles. The van der Waals surface area contributed by atoms with Crippen LogP contribution in [0.4, 0.5) is 8.78 Å². The van der Waals surface area contributed by atoms with E-state index in [1.165, 1.54) is 25.5 Å². The number of nitrogens with zero attached hydrogens (tertiary/aromatic N) is 1. The van der Waals surface area contributed by atoms with Crippen LogP contribution < -0.4 is 25.4 Å². The summed E-state index contributed by atoms with van der Waals surface area (Å²) in [7, 11) is 3.05. The van der Waals surface area contributed by atoms with E-state index in [1.807, 2.05) is 0 Å². The highest BCUT2D eigenvalue weighted by Gasteiger charge is 2.12. The second-order valence-corrected chi connectivity index (χ2v) is 5.44. The number of amides is 1. The first-order valence-electron chi connectivity index (χ1n) is 8.41. The summed E-state index contributed by atoms with van der Waals surface area (Å²) in [5.41, 5.74) is 0.480. The third-order valence-electron chi connectivity index (χ3n) is 3.60. The molecule has 0 fully saturated rings. The van der Waals surface area contributed by atoms with Crippen molar-refractivity contribution in [2.24, 2.45) is 4.99 Å². The van der Waals surface area contributed by atoms with Crippen molar-refractivity contribution in [1.29, 1.82) is 0 Å². The first-order chi connectivity index (χ1) is 13.5. The molecule has 0 bridgehead atoms. The number of carbonyl (C=O) groups is 1. The van der Waals surface area contributed by atoms with Crippen LogP contribution in [0, 0.1) is 0 Å². The summed E-state index contributed by atoms with van der Waals surface area (Å²) in [5.74, 6) is 0.900. The lowest BCUT2D eigenvalue weighted by molar-refractivity contribution is -0.0505. The average molecular weight is 524 g/mol. The molecular formula is C18H23F2IN4O4. The third kappa shape index (κ3) is 8.13. The molecule has 3 N–H and O–H groups in total. The van der Waals surface area contributed by atoms with Gasteiger partial charge in [-0.1, -0.05) is 0 Å². The van der Waals surface area contributed by atoms with Gasteiger partial charge in [0.05, 0.1) is 13.4 Å². The Bertz CT molecular complexity index is 788. The SMILES string of the molecule is CN=C(NCCNC(=O)c1ccco1)NCc1cc(OC)ccc1OC(F)F.I. The number of furan rings is 1. The summed E-state index contributed by atoms with van der Waals surface area (Å²) in [6.45, 7) is -2.02. The van der Waals surface area contributed by atoms with Gasteiger partial charge in [0, 0.05) is 32.2 Å². The normalized spacial score (nSPS) is 10.9. The average Bonchev–Trinajstić information content (AvgIpc) is 3.22. The van der Waals surface area contributed by atoms with E-state index in [0.29, 0.717) is 30.4 Å². The largest absolute Gasteiger partial charge is 0.497 e. The lowest BCUT2D eigenvalue weighted by Gasteiger charge is -2.15. The zero-order chi connectivity index (χ0) is 20.4. The van der Waals surface area contributed by atoms with E-state index in [9.17, 15) is 13.6 Å². The van der Waals surface area contributed by atoms with Gasteiger partial charge in [0.25, 0.3) is 5.91 Å². The van der Waals surface area contributed by atoms with E-state index in [2.05, 4.69) is 25.7 Å². The molecular weight excluding hydrogens is 501 g/mol. The summed E-state index contributed by atoms with van der Waals surface area (Å²) in [4.78, 5) is 15.8. The number of methoxy groups -OCH3 is 1. The van der Waals surface area contributed by atoms with Crippen LogP contribution in [-0.2, 0) is 6.54 Å². The van der Waals surface area contributed by atoms with Crippen LogP contribution in [0.25, 0.3) is 0 Å². The maximum atomic E-state index is 12.6. The van der Waals surface area contributed by atoms with Gasteiger partial charge < -0.3 is 29.8 Å². The van der Waals surface area contributed by atoms with Crippen molar-refractivity contribution in [3.05, 3.63) is 47.9 Å². The standard InChI is InChI=1S/C18H22F2N4O4.HI/c1-21-18(23-8-7-22-16(25)15-4-3-9-27-15)24-11-12-10-13(26-2)5-6-14(12)28-17(19)20;/h3-6,9-10,17H,7-8,11H2,1-2H3,(H,22,25)(H2,21,23,24);1H. The second kappa shape index (κ2) is 12.8. The fourth-order valence-corrected chi connectivity index (χ4v) is 2.28. The van der Waals surface area contributed by atoms with Crippen molar-refractivity contribution in [3.63, 3.8) is 0 Å².